The maximum absolute atomic E-state index is 12.5. The topological polar surface area (TPSA) is 38.0 Å². The zero-order chi connectivity index (χ0) is 7.12. The molecule has 0 spiro atoms. The summed E-state index contributed by atoms with van der Waals surface area (Å²) in [6.45, 7) is 1.26. The molecule has 0 aromatic rings. The quantitative estimate of drug-likeness (QED) is 0.489. The SMILES string of the molecule is CC1(N)CNCC1(F)F. The van der Waals surface area contributed by atoms with E-state index in [0.29, 0.717) is 0 Å². The summed E-state index contributed by atoms with van der Waals surface area (Å²) >= 11 is 0. The van der Waals surface area contributed by atoms with Crippen molar-refractivity contribution in [2.24, 2.45) is 5.73 Å². The van der Waals surface area contributed by atoms with E-state index in [-0.39, 0.29) is 13.1 Å². The largest absolute Gasteiger partial charge is 0.319 e. The Hall–Kier alpha value is -0.220. The van der Waals surface area contributed by atoms with Gasteiger partial charge >= 0.3 is 0 Å². The van der Waals surface area contributed by atoms with Crippen LogP contribution in [0.5, 0.6) is 0 Å². The van der Waals surface area contributed by atoms with Crippen molar-refractivity contribution < 1.29 is 8.78 Å². The molecule has 1 atom stereocenters. The van der Waals surface area contributed by atoms with Crippen molar-refractivity contribution in [3.8, 4) is 0 Å². The van der Waals surface area contributed by atoms with Gasteiger partial charge in [0.25, 0.3) is 5.92 Å². The molecular weight excluding hydrogens is 126 g/mol. The molecule has 0 aromatic carbocycles. The molecule has 9 heavy (non-hydrogen) atoms. The Morgan fingerprint density at radius 3 is 2.11 bits per heavy atom. The summed E-state index contributed by atoms with van der Waals surface area (Å²) in [6.07, 6.45) is 0. The lowest BCUT2D eigenvalue weighted by Crippen LogP contribution is -2.52. The van der Waals surface area contributed by atoms with Crippen molar-refractivity contribution >= 4 is 0 Å². The number of nitrogens with two attached hydrogens (primary N) is 1. The highest BCUT2D eigenvalue weighted by Gasteiger charge is 2.51. The molecule has 1 fully saturated rings. The summed E-state index contributed by atoms with van der Waals surface area (Å²) < 4.78 is 25.1. The third kappa shape index (κ3) is 0.923. The van der Waals surface area contributed by atoms with E-state index in [1.54, 1.807) is 0 Å². The van der Waals surface area contributed by atoms with Crippen LogP contribution in [-0.4, -0.2) is 24.6 Å². The standard InChI is InChI=1S/C5H10F2N2/c1-4(8)2-9-3-5(4,6)7/h9H,2-3,8H2,1H3. The van der Waals surface area contributed by atoms with Crippen LogP contribution in [0.15, 0.2) is 0 Å². The van der Waals surface area contributed by atoms with Gasteiger partial charge in [-0.15, -0.1) is 0 Å². The van der Waals surface area contributed by atoms with Crippen LogP contribution in [0.1, 0.15) is 6.92 Å². The highest BCUT2D eigenvalue weighted by molar-refractivity contribution is 5.02. The van der Waals surface area contributed by atoms with Crippen molar-refractivity contribution in [2.75, 3.05) is 13.1 Å². The molecule has 0 saturated carbocycles. The lowest BCUT2D eigenvalue weighted by Gasteiger charge is -2.24. The van der Waals surface area contributed by atoms with Gasteiger partial charge in [-0.3, -0.25) is 0 Å². The molecule has 0 aromatic heterocycles. The van der Waals surface area contributed by atoms with E-state index in [9.17, 15) is 8.78 Å². The van der Waals surface area contributed by atoms with E-state index < -0.39 is 11.5 Å². The number of nitrogens with one attached hydrogen (secondary N) is 1. The minimum atomic E-state index is -2.74. The Labute approximate surface area is 52.4 Å². The van der Waals surface area contributed by atoms with Gasteiger partial charge in [0.15, 0.2) is 0 Å². The maximum Gasteiger partial charge on any atom is 0.278 e. The first kappa shape index (κ1) is 6.89. The molecule has 1 aliphatic heterocycles. The number of rotatable bonds is 0. The van der Waals surface area contributed by atoms with Crippen LogP contribution in [0.25, 0.3) is 0 Å². The second kappa shape index (κ2) is 1.64. The molecule has 4 heteroatoms. The summed E-state index contributed by atoms with van der Waals surface area (Å²) in [6, 6.07) is 0. The molecular formula is C5H10F2N2. The highest BCUT2D eigenvalue weighted by atomic mass is 19.3. The van der Waals surface area contributed by atoms with Crippen LogP contribution in [0.3, 0.4) is 0 Å². The first-order chi connectivity index (χ1) is 3.96. The van der Waals surface area contributed by atoms with E-state index in [1.165, 1.54) is 6.92 Å². The van der Waals surface area contributed by atoms with Gasteiger partial charge in [0.1, 0.15) is 0 Å². The fraction of sp³-hybridized carbons (Fsp3) is 1.00. The summed E-state index contributed by atoms with van der Waals surface area (Å²) in [7, 11) is 0. The van der Waals surface area contributed by atoms with Gasteiger partial charge in [-0.2, -0.15) is 0 Å². The van der Waals surface area contributed by atoms with E-state index in [0.717, 1.165) is 0 Å². The van der Waals surface area contributed by atoms with E-state index in [4.69, 9.17) is 5.73 Å². The maximum atomic E-state index is 12.5. The molecule has 1 unspecified atom stereocenters. The summed E-state index contributed by atoms with van der Waals surface area (Å²) in [5.41, 5.74) is 3.89. The van der Waals surface area contributed by atoms with E-state index >= 15 is 0 Å². The van der Waals surface area contributed by atoms with Crippen molar-refractivity contribution in [3.63, 3.8) is 0 Å². The normalized spacial score (nSPS) is 41.3. The average molecular weight is 136 g/mol. The minimum absolute atomic E-state index is 0.194. The number of halogens is 2. The van der Waals surface area contributed by atoms with Gasteiger partial charge in [0.05, 0.1) is 12.1 Å². The smallest absolute Gasteiger partial charge is 0.278 e. The second-order valence-corrected chi connectivity index (χ2v) is 2.73. The van der Waals surface area contributed by atoms with Crippen LogP contribution >= 0.6 is 0 Å². The van der Waals surface area contributed by atoms with Crippen LogP contribution < -0.4 is 11.1 Å². The Morgan fingerprint density at radius 2 is 2.00 bits per heavy atom. The Balaban J connectivity index is 2.75. The minimum Gasteiger partial charge on any atom is -0.319 e. The summed E-state index contributed by atoms with van der Waals surface area (Å²) in [4.78, 5) is 0. The first-order valence-corrected chi connectivity index (χ1v) is 2.83. The van der Waals surface area contributed by atoms with Crippen molar-refractivity contribution in [3.05, 3.63) is 0 Å². The monoisotopic (exact) mass is 136 g/mol. The van der Waals surface area contributed by atoms with Crippen LogP contribution in [0, 0.1) is 0 Å². The Kier molecular flexibility index (Phi) is 1.25. The Morgan fingerprint density at radius 1 is 1.44 bits per heavy atom. The molecule has 1 aliphatic rings. The fourth-order valence-corrected chi connectivity index (χ4v) is 0.810. The zero-order valence-corrected chi connectivity index (χ0v) is 5.25. The lowest BCUT2D eigenvalue weighted by molar-refractivity contribution is -0.0302. The zero-order valence-electron chi connectivity index (χ0n) is 5.25. The van der Waals surface area contributed by atoms with E-state index in [1.807, 2.05) is 0 Å². The third-order valence-electron chi connectivity index (χ3n) is 1.67. The molecule has 0 amide bonds. The summed E-state index contributed by atoms with van der Waals surface area (Å²) in [5, 5.41) is 2.53. The number of alkyl halides is 2. The van der Waals surface area contributed by atoms with Gasteiger partial charge in [0.2, 0.25) is 0 Å². The molecule has 1 rings (SSSR count). The van der Waals surface area contributed by atoms with Crippen molar-refractivity contribution in [1.29, 1.82) is 0 Å². The van der Waals surface area contributed by atoms with Gasteiger partial charge in [-0.1, -0.05) is 0 Å². The molecule has 0 radical (unpaired) electrons. The van der Waals surface area contributed by atoms with Gasteiger partial charge in [-0.05, 0) is 6.92 Å². The van der Waals surface area contributed by atoms with Crippen LogP contribution in [-0.2, 0) is 0 Å². The van der Waals surface area contributed by atoms with E-state index in [2.05, 4.69) is 5.32 Å². The number of hydrogen-bond donors (Lipinski definition) is 2. The lowest BCUT2D eigenvalue weighted by atomic mass is 10.00. The average Bonchev–Trinajstić information content (AvgIpc) is 1.81. The first-order valence-electron chi connectivity index (χ1n) is 2.83. The second-order valence-electron chi connectivity index (χ2n) is 2.73. The predicted molar refractivity (Wildman–Crippen MR) is 30.4 cm³/mol. The van der Waals surface area contributed by atoms with Crippen molar-refractivity contribution in [2.45, 2.75) is 18.4 Å². The molecule has 2 nitrogen and oxygen atoms in total. The fourth-order valence-electron chi connectivity index (χ4n) is 0.810. The molecule has 1 saturated heterocycles. The van der Waals surface area contributed by atoms with Gasteiger partial charge in [-0.25, -0.2) is 8.78 Å². The van der Waals surface area contributed by atoms with Crippen molar-refractivity contribution in [1.82, 2.24) is 5.32 Å². The van der Waals surface area contributed by atoms with Gasteiger partial charge in [0, 0.05) is 6.54 Å². The molecule has 54 valence electrons. The summed E-state index contributed by atoms with van der Waals surface area (Å²) in [5.74, 6) is -2.74. The third-order valence-corrected chi connectivity index (χ3v) is 1.67. The molecule has 1 heterocycles. The predicted octanol–water partition coefficient (Wildman–Crippen LogP) is -0.0577. The van der Waals surface area contributed by atoms with Gasteiger partial charge < -0.3 is 11.1 Å². The van der Waals surface area contributed by atoms with Crippen LogP contribution in [0.2, 0.25) is 0 Å². The Bertz CT molecular complexity index is 108. The highest BCUT2D eigenvalue weighted by Crippen LogP contribution is 2.28. The molecule has 0 aliphatic carbocycles. The van der Waals surface area contributed by atoms with Crippen LogP contribution in [0.4, 0.5) is 8.78 Å². The number of hydrogen-bond acceptors (Lipinski definition) is 2. The molecule has 3 N–H and O–H groups in total. The molecule has 0 bridgehead atoms.